The summed E-state index contributed by atoms with van der Waals surface area (Å²) in [5.74, 6) is 0. The van der Waals surface area contributed by atoms with Crippen LogP contribution in [-0.4, -0.2) is 24.0 Å². The molecule has 1 aromatic carbocycles. The molecule has 0 aliphatic carbocycles. The maximum absolute atomic E-state index is 3.78. The highest BCUT2D eigenvalue weighted by Crippen LogP contribution is 2.17. The molecule has 0 amide bonds. The molecule has 2 heteroatoms. The van der Waals surface area contributed by atoms with Crippen molar-refractivity contribution in [1.82, 2.24) is 4.90 Å². The molecule has 0 spiro atoms. The quantitative estimate of drug-likeness (QED) is 0.742. The van der Waals surface area contributed by atoms with Crippen molar-refractivity contribution in [2.24, 2.45) is 0 Å². The first-order chi connectivity index (χ1) is 9.28. The summed E-state index contributed by atoms with van der Waals surface area (Å²) in [5.41, 5.74) is 2.66. The van der Waals surface area contributed by atoms with Crippen LogP contribution in [0, 0.1) is 0 Å². The van der Waals surface area contributed by atoms with E-state index in [2.05, 4.69) is 48.0 Å². The average Bonchev–Trinajstić information content (AvgIpc) is 2.89. The first kappa shape index (κ1) is 14.1. The molecule has 0 bridgehead atoms. The van der Waals surface area contributed by atoms with E-state index in [1.165, 1.54) is 37.2 Å². The molecule has 104 valence electrons. The van der Waals surface area contributed by atoms with E-state index in [1.54, 1.807) is 0 Å². The largest absolute Gasteiger partial charge is 0.383 e. The van der Waals surface area contributed by atoms with Crippen LogP contribution < -0.4 is 5.32 Å². The number of hydrogen-bond acceptors (Lipinski definition) is 2. The van der Waals surface area contributed by atoms with Gasteiger partial charge in [-0.15, -0.1) is 6.58 Å². The van der Waals surface area contributed by atoms with E-state index in [0.29, 0.717) is 6.04 Å². The fourth-order valence-corrected chi connectivity index (χ4v) is 2.68. The molecule has 1 N–H and O–H groups in total. The SMILES string of the molecule is C=CCCC(C)Nc1cccc(CN2CCCC2)c1. The number of nitrogens with one attached hydrogen (secondary N) is 1. The summed E-state index contributed by atoms with van der Waals surface area (Å²) in [6, 6.07) is 9.35. The topological polar surface area (TPSA) is 15.3 Å². The molecule has 1 aliphatic rings. The maximum atomic E-state index is 3.78. The molecule has 1 unspecified atom stereocenters. The maximum Gasteiger partial charge on any atom is 0.0345 e. The Balaban J connectivity index is 1.88. The molecule has 19 heavy (non-hydrogen) atoms. The van der Waals surface area contributed by atoms with Crippen LogP contribution in [0.4, 0.5) is 5.69 Å². The average molecular weight is 258 g/mol. The predicted octanol–water partition coefficient (Wildman–Crippen LogP) is 4.05. The third-order valence-corrected chi connectivity index (χ3v) is 3.75. The molecule has 2 nitrogen and oxygen atoms in total. The minimum absolute atomic E-state index is 0.500. The van der Waals surface area contributed by atoms with Crippen LogP contribution in [-0.2, 0) is 6.54 Å². The third-order valence-electron chi connectivity index (χ3n) is 3.75. The Bertz CT molecular complexity index is 394. The van der Waals surface area contributed by atoms with E-state index in [9.17, 15) is 0 Å². The second-order valence-electron chi connectivity index (χ2n) is 5.60. The summed E-state index contributed by atoms with van der Waals surface area (Å²) in [6.45, 7) is 9.62. The highest BCUT2D eigenvalue weighted by molar-refractivity contribution is 5.46. The van der Waals surface area contributed by atoms with Gasteiger partial charge in [0.1, 0.15) is 0 Å². The number of nitrogens with zero attached hydrogens (tertiary/aromatic N) is 1. The molecule has 1 aromatic rings. The van der Waals surface area contributed by atoms with Gasteiger partial charge in [0, 0.05) is 18.3 Å². The second-order valence-corrected chi connectivity index (χ2v) is 5.60. The summed E-state index contributed by atoms with van der Waals surface area (Å²) in [6.07, 6.45) is 6.91. The number of anilines is 1. The Morgan fingerprint density at radius 2 is 2.16 bits per heavy atom. The number of hydrogen-bond donors (Lipinski definition) is 1. The molecule has 2 rings (SSSR count). The van der Waals surface area contributed by atoms with Crippen molar-refractivity contribution in [2.75, 3.05) is 18.4 Å². The van der Waals surface area contributed by atoms with Gasteiger partial charge in [-0.1, -0.05) is 18.2 Å². The van der Waals surface area contributed by atoms with Crippen LogP contribution in [0.2, 0.25) is 0 Å². The number of likely N-dealkylation sites (tertiary alicyclic amines) is 1. The second kappa shape index (κ2) is 7.34. The van der Waals surface area contributed by atoms with Gasteiger partial charge in [0.25, 0.3) is 0 Å². The summed E-state index contributed by atoms with van der Waals surface area (Å²) in [4.78, 5) is 2.54. The number of benzene rings is 1. The van der Waals surface area contributed by atoms with Gasteiger partial charge in [0.05, 0.1) is 0 Å². The lowest BCUT2D eigenvalue weighted by molar-refractivity contribution is 0.331. The fourth-order valence-electron chi connectivity index (χ4n) is 2.68. The van der Waals surface area contributed by atoms with Gasteiger partial charge in [0.2, 0.25) is 0 Å². The van der Waals surface area contributed by atoms with Crippen LogP contribution in [0.3, 0.4) is 0 Å². The third kappa shape index (κ3) is 4.71. The van der Waals surface area contributed by atoms with Crippen LogP contribution >= 0.6 is 0 Å². The van der Waals surface area contributed by atoms with Gasteiger partial charge in [-0.25, -0.2) is 0 Å². The van der Waals surface area contributed by atoms with E-state index < -0.39 is 0 Å². The number of allylic oxidation sites excluding steroid dienone is 1. The normalized spacial score (nSPS) is 17.3. The van der Waals surface area contributed by atoms with Gasteiger partial charge in [-0.3, -0.25) is 4.90 Å². The molecule has 1 aliphatic heterocycles. The fraction of sp³-hybridized carbons (Fsp3) is 0.529. The molecule has 1 heterocycles. The Kier molecular flexibility index (Phi) is 5.46. The van der Waals surface area contributed by atoms with Gasteiger partial charge in [0.15, 0.2) is 0 Å². The number of rotatable bonds is 7. The molecule has 0 saturated carbocycles. The lowest BCUT2D eigenvalue weighted by atomic mass is 10.1. The Morgan fingerprint density at radius 3 is 2.89 bits per heavy atom. The van der Waals surface area contributed by atoms with Gasteiger partial charge in [-0.05, 0) is 63.4 Å². The van der Waals surface area contributed by atoms with Crippen LogP contribution in [0.5, 0.6) is 0 Å². The van der Waals surface area contributed by atoms with Crippen LogP contribution in [0.25, 0.3) is 0 Å². The molecular formula is C17H26N2. The zero-order valence-electron chi connectivity index (χ0n) is 12.1. The highest BCUT2D eigenvalue weighted by atomic mass is 15.1. The van der Waals surface area contributed by atoms with Crippen LogP contribution in [0.1, 0.15) is 38.2 Å². The Hall–Kier alpha value is -1.28. The monoisotopic (exact) mass is 258 g/mol. The Morgan fingerprint density at radius 1 is 1.37 bits per heavy atom. The molecule has 1 fully saturated rings. The molecule has 1 saturated heterocycles. The zero-order valence-corrected chi connectivity index (χ0v) is 12.1. The first-order valence-corrected chi connectivity index (χ1v) is 7.46. The van der Waals surface area contributed by atoms with E-state index in [1.807, 2.05) is 6.08 Å². The Labute approximate surface area is 117 Å². The lowest BCUT2D eigenvalue weighted by Crippen LogP contribution is -2.19. The van der Waals surface area contributed by atoms with E-state index in [4.69, 9.17) is 0 Å². The minimum Gasteiger partial charge on any atom is -0.383 e. The molecule has 0 aromatic heterocycles. The summed E-state index contributed by atoms with van der Waals surface area (Å²) in [5, 5.41) is 3.58. The van der Waals surface area contributed by atoms with Crippen molar-refractivity contribution < 1.29 is 0 Å². The smallest absolute Gasteiger partial charge is 0.0345 e. The zero-order chi connectivity index (χ0) is 13.5. The van der Waals surface area contributed by atoms with E-state index in [0.717, 1.165) is 19.4 Å². The van der Waals surface area contributed by atoms with E-state index >= 15 is 0 Å². The minimum atomic E-state index is 0.500. The van der Waals surface area contributed by atoms with Crippen molar-refractivity contribution in [3.05, 3.63) is 42.5 Å². The first-order valence-electron chi connectivity index (χ1n) is 7.46. The van der Waals surface area contributed by atoms with Crippen molar-refractivity contribution >= 4 is 5.69 Å². The van der Waals surface area contributed by atoms with Crippen molar-refractivity contribution in [3.63, 3.8) is 0 Å². The lowest BCUT2D eigenvalue weighted by Gasteiger charge is -2.17. The van der Waals surface area contributed by atoms with Gasteiger partial charge < -0.3 is 5.32 Å². The van der Waals surface area contributed by atoms with Crippen LogP contribution in [0.15, 0.2) is 36.9 Å². The van der Waals surface area contributed by atoms with Gasteiger partial charge in [-0.2, -0.15) is 0 Å². The van der Waals surface area contributed by atoms with Crippen molar-refractivity contribution in [3.8, 4) is 0 Å². The van der Waals surface area contributed by atoms with Crippen molar-refractivity contribution in [2.45, 2.75) is 45.2 Å². The summed E-state index contributed by atoms with van der Waals surface area (Å²) < 4.78 is 0. The standard InChI is InChI=1S/C17H26N2/c1-3-4-8-15(2)18-17-10-7-9-16(13-17)14-19-11-5-6-12-19/h3,7,9-10,13,15,18H,1,4-6,8,11-12,14H2,2H3. The van der Waals surface area contributed by atoms with E-state index in [-0.39, 0.29) is 0 Å². The highest BCUT2D eigenvalue weighted by Gasteiger charge is 2.11. The molecular weight excluding hydrogens is 232 g/mol. The molecule has 0 radical (unpaired) electrons. The predicted molar refractivity (Wildman–Crippen MR) is 83.5 cm³/mol. The summed E-state index contributed by atoms with van der Waals surface area (Å²) >= 11 is 0. The van der Waals surface area contributed by atoms with Crippen molar-refractivity contribution in [1.29, 1.82) is 0 Å². The van der Waals surface area contributed by atoms with Gasteiger partial charge >= 0.3 is 0 Å². The molecule has 1 atom stereocenters. The summed E-state index contributed by atoms with van der Waals surface area (Å²) in [7, 11) is 0.